The van der Waals surface area contributed by atoms with Crippen LogP contribution in [0.1, 0.15) is 0 Å². The molecule has 5 nitrogen and oxygen atoms in total. The average molecular weight is 349 g/mol. The van der Waals surface area contributed by atoms with E-state index in [-0.39, 0.29) is 18.8 Å². The minimum atomic E-state index is -0.768. The summed E-state index contributed by atoms with van der Waals surface area (Å²) in [6, 6.07) is 7.72. The van der Waals surface area contributed by atoms with E-state index in [0.29, 0.717) is 12.2 Å². The molecule has 8 heteroatoms. The van der Waals surface area contributed by atoms with Crippen LogP contribution in [0.2, 0.25) is 0 Å². The van der Waals surface area contributed by atoms with Gasteiger partial charge in [-0.05, 0) is 36.4 Å². The standard InChI is InChI=1S/C17H14F3N3O2/c18-11-1-4-13(5-2-11)23-8-7-22(17(23)25)10-16(24)21-15-9-12(19)3-6-14(15)20/h1-6,9H,7-8,10H2,(H,21,24). The molecule has 2 aromatic rings. The second-order valence-electron chi connectivity index (χ2n) is 5.50. The van der Waals surface area contributed by atoms with Gasteiger partial charge < -0.3 is 10.2 Å². The number of amides is 3. The van der Waals surface area contributed by atoms with Gasteiger partial charge in [0.25, 0.3) is 0 Å². The molecular formula is C17H14F3N3O2. The molecule has 0 aromatic heterocycles. The molecule has 0 atom stereocenters. The lowest BCUT2D eigenvalue weighted by molar-refractivity contribution is -0.116. The van der Waals surface area contributed by atoms with E-state index >= 15 is 0 Å². The highest BCUT2D eigenvalue weighted by Gasteiger charge is 2.30. The Morgan fingerprint density at radius 2 is 1.68 bits per heavy atom. The second kappa shape index (κ2) is 6.84. The van der Waals surface area contributed by atoms with Crippen molar-refractivity contribution < 1.29 is 22.8 Å². The molecule has 1 aliphatic rings. The molecule has 0 unspecified atom stereocenters. The van der Waals surface area contributed by atoms with Crippen LogP contribution in [-0.2, 0) is 4.79 Å². The maximum absolute atomic E-state index is 13.5. The molecule has 25 heavy (non-hydrogen) atoms. The fourth-order valence-corrected chi connectivity index (χ4v) is 2.55. The number of hydrogen-bond acceptors (Lipinski definition) is 2. The third-order valence-electron chi connectivity index (χ3n) is 3.77. The Kier molecular flexibility index (Phi) is 4.60. The molecule has 0 bridgehead atoms. The van der Waals surface area contributed by atoms with E-state index in [1.807, 2.05) is 0 Å². The van der Waals surface area contributed by atoms with E-state index in [1.165, 1.54) is 34.1 Å². The Morgan fingerprint density at radius 1 is 1.00 bits per heavy atom. The number of carbonyl (C=O) groups excluding carboxylic acids is 2. The number of anilines is 2. The number of nitrogens with one attached hydrogen (secondary N) is 1. The van der Waals surface area contributed by atoms with Crippen LogP contribution in [0.5, 0.6) is 0 Å². The van der Waals surface area contributed by atoms with Crippen LogP contribution < -0.4 is 10.2 Å². The van der Waals surface area contributed by atoms with Crippen LogP contribution in [0.15, 0.2) is 42.5 Å². The van der Waals surface area contributed by atoms with E-state index in [1.54, 1.807) is 0 Å². The summed E-state index contributed by atoms with van der Waals surface area (Å²) in [5, 5.41) is 2.24. The highest BCUT2D eigenvalue weighted by atomic mass is 19.1. The van der Waals surface area contributed by atoms with Crippen molar-refractivity contribution >= 4 is 23.3 Å². The summed E-state index contributed by atoms with van der Waals surface area (Å²) >= 11 is 0. The average Bonchev–Trinajstić information content (AvgIpc) is 2.92. The zero-order valence-electron chi connectivity index (χ0n) is 13.0. The molecule has 1 N–H and O–H groups in total. The first-order valence-electron chi connectivity index (χ1n) is 7.51. The van der Waals surface area contributed by atoms with Crippen molar-refractivity contribution in [2.24, 2.45) is 0 Å². The fourth-order valence-electron chi connectivity index (χ4n) is 2.55. The number of nitrogens with zero attached hydrogens (tertiary/aromatic N) is 2. The fraction of sp³-hybridized carbons (Fsp3) is 0.176. The van der Waals surface area contributed by atoms with Gasteiger partial charge in [0, 0.05) is 24.8 Å². The van der Waals surface area contributed by atoms with Crippen molar-refractivity contribution in [1.29, 1.82) is 0 Å². The smallest absolute Gasteiger partial charge is 0.322 e. The lowest BCUT2D eigenvalue weighted by Crippen LogP contribution is -2.37. The Balaban J connectivity index is 1.63. The van der Waals surface area contributed by atoms with Gasteiger partial charge in [0.2, 0.25) is 5.91 Å². The monoisotopic (exact) mass is 349 g/mol. The summed E-state index contributed by atoms with van der Waals surface area (Å²) in [7, 11) is 0. The molecule has 2 aromatic carbocycles. The molecule has 0 saturated carbocycles. The zero-order valence-corrected chi connectivity index (χ0v) is 13.0. The minimum Gasteiger partial charge on any atom is -0.322 e. The summed E-state index contributed by atoms with van der Waals surface area (Å²) in [4.78, 5) is 27.0. The second-order valence-corrected chi connectivity index (χ2v) is 5.50. The maximum atomic E-state index is 13.5. The van der Waals surface area contributed by atoms with Gasteiger partial charge in [-0.15, -0.1) is 0 Å². The van der Waals surface area contributed by atoms with Gasteiger partial charge in [-0.1, -0.05) is 0 Å². The number of hydrogen-bond donors (Lipinski definition) is 1. The summed E-state index contributed by atoms with van der Waals surface area (Å²) in [5.41, 5.74) is 0.234. The highest BCUT2D eigenvalue weighted by Crippen LogP contribution is 2.21. The van der Waals surface area contributed by atoms with E-state index in [4.69, 9.17) is 0 Å². The van der Waals surface area contributed by atoms with E-state index < -0.39 is 29.4 Å². The van der Waals surface area contributed by atoms with Crippen molar-refractivity contribution in [1.82, 2.24) is 4.90 Å². The van der Waals surface area contributed by atoms with Crippen LogP contribution in [-0.4, -0.2) is 36.5 Å². The molecule has 1 fully saturated rings. The molecule has 1 saturated heterocycles. The van der Waals surface area contributed by atoms with Crippen molar-refractivity contribution in [3.63, 3.8) is 0 Å². The number of benzene rings is 2. The van der Waals surface area contributed by atoms with Gasteiger partial charge in [0.05, 0.1) is 5.69 Å². The topological polar surface area (TPSA) is 52.7 Å². The molecule has 0 aliphatic carbocycles. The Morgan fingerprint density at radius 3 is 2.40 bits per heavy atom. The molecule has 3 rings (SSSR count). The molecule has 130 valence electrons. The largest absolute Gasteiger partial charge is 0.325 e. The van der Waals surface area contributed by atoms with Gasteiger partial charge in [0.15, 0.2) is 0 Å². The van der Waals surface area contributed by atoms with E-state index in [9.17, 15) is 22.8 Å². The predicted octanol–water partition coefficient (Wildman–Crippen LogP) is 2.98. The molecular weight excluding hydrogens is 335 g/mol. The number of rotatable bonds is 4. The minimum absolute atomic E-state index is 0.285. The molecule has 0 radical (unpaired) electrons. The SMILES string of the molecule is O=C(CN1CCN(c2ccc(F)cc2)C1=O)Nc1cc(F)ccc1F. The Hall–Kier alpha value is -3.03. The van der Waals surface area contributed by atoms with Crippen LogP contribution in [0.3, 0.4) is 0 Å². The Labute approximate surface area is 141 Å². The van der Waals surface area contributed by atoms with Crippen molar-refractivity contribution in [2.45, 2.75) is 0 Å². The van der Waals surface area contributed by atoms with Gasteiger partial charge in [-0.25, -0.2) is 18.0 Å². The molecule has 0 spiro atoms. The zero-order chi connectivity index (χ0) is 18.0. The predicted molar refractivity (Wildman–Crippen MR) is 85.7 cm³/mol. The van der Waals surface area contributed by atoms with Crippen LogP contribution in [0, 0.1) is 17.5 Å². The Bertz CT molecular complexity index is 811. The third-order valence-corrected chi connectivity index (χ3v) is 3.77. The third kappa shape index (κ3) is 3.73. The molecule has 1 aliphatic heterocycles. The first-order chi connectivity index (χ1) is 11.9. The van der Waals surface area contributed by atoms with Crippen molar-refractivity contribution in [3.05, 3.63) is 59.9 Å². The van der Waals surface area contributed by atoms with Crippen LogP contribution >= 0.6 is 0 Å². The number of halogens is 3. The molecule has 3 amide bonds. The van der Waals surface area contributed by atoms with E-state index in [0.717, 1.165) is 18.2 Å². The van der Waals surface area contributed by atoms with Crippen LogP contribution in [0.4, 0.5) is 29.3 Å². The van der Waals surface area contributed by atoms with Crippen molar-refractivity contribution in [2.75, 3.05) is 29.9 Å². The van der Waals surface area contributed by atoms with E-state index in [2.05, 4.69) is 5.32 Å². The van der Waals surface area contributed by atoms with Gasteiger partial charge >= 0.3 is 6.03 Å². The summed E-state index contributed by atoms with van der Waals surface area (Å²) in [6.07, 6.45) is 0. The lowest BCUT2D eigenvalue weighted by Gasteiger charge is -2.18. The number of carbonyl (C=O) groups is 2. The summed E-state index contributed by atoms with van der Waals surface area (Å²) < 4.78 is 39.6. The normalized spacial score (nSPS) is 14.1. The summed E-state index contributed by atoms with van der Waals surface area (Å²) in [6.45, 7) is 0.327. The first kappa shape index (κ1) is 16.8. The first-order valence-corrected chi connectivity index (χ1v) is 7.51. The number of urea groups is 1. The molecule has 1 heterocycles. The van der Waals surface area contributed by atoms with Gasteiger partial charge in [-0.2, -0.15) is 0 Å². The maximum Gasteiger partial charge on any atom is 0.325 e. The lowest BCUT2D eigenvalue weighted by atomic mass is 10.3. The summed E-state index contributed by atoms with van der Waals surface area (Å²) in [5.74, 6) is -2.51. The van der Waals surface area contributed by atoms with Crippen LogP contribution in [0.25, 0.3) is 0 Å². The quantitative estimate of drug-likeness (QED) is 0.923. The highest BCUT2D eigenvalue weighted by molar-refractivity contribution is 5.99. The van der Waals surface area contributed by atoms with Gasteiger partial charge in [-0.3, -0.25) is 9.69 Å². The van der Waals surface area contributed by atoms with Crippen molar-refractivity contribution in [3.8, 4) is 0 Å². The van der Waals surface area contributed by atoms with Gasteiger partial charge in [0.1, 0.15) is 24.0 Å².